The van der Waals surface area contributed by atoms with Gasteiger partial charge in [0.05, 0.1) is 12.7 Å². The van der Waals surface area contributed by atoms with E-state index >= 15 is 0 Å². The topological polar surface area (TPSA) is 0 Å². The lowest BCUT2D eigenvalue weighted by Gasteiger charge is -1.96. The largest absolute Gasteiger partial charge is 0.174 e. The molecule has 0 bridgehead atoms. The van der Waals surface area contributed by atoms with E-state index in [4.69, 9.17) is 0 Å². The lowest BCUT2D eigenvalue weighted by atomic mass is 10.6. The molecule has 110 valence electrons. The Bertz CT molecular complexity index is 418. The predicted octanol–water partition coefficient (Wildman–Crippen LogP) is 6.55. The van der Waals surface area contributed by atoms with E-state index in [0.29, 0.717) is 0 Å². The number of thiol groups is 2. The van der Waals surface area contributed by atoms with Gasteiger partial charge in [0.2, 0.25) is 0 Å². The van der Waals surface area contributed by atoms with E-state index in [1.54, 1.807) is 0 Å². The minimum atomic E-state index is 0.805. The predicted molar refractivity (Wildman–Crippen MR) is 115 cm³/mol. The van der Waals surface area contributed by atoms with Crippen molar-refractivity contribution in [3.8, 4) is 0 Å². The summed E-state index contributed by atoms with van der Waals surface area (Å²) in [6.45, 7) is 0. The van der Waals surface area contributed by atoms with Crippen molar-refractivity contribution in [2.45, 2.75) is 0 Å². The van der Waals surface area contributed by atoms with Gasteiger partial charge in [0.1, 0.15) is 0 Å². The molecule has 0 nitrogen and oxygen atoms in total. The molecule has 2 aliphatic rings. The zero-order chi connectivity index (χ0) is 14.5. The normalized spacial score (nSPS) is 19.4. The highest BCUT2D eigenvalue weighted by Crippen LogP contribution is 2.56. The van der Waals surface area contributed by atoms with E-state index < -0.39 is 0 Å². The third kappa shape index (κ3) is 4.63. The summed E-state index contributed by atoms with van der Waals surface area (Å²) in [6.07, 6.45) is 8.75. The summed E-state index contributed by atoms with van der Waals surface area (Å²) in [5, 5.41) is 0. The number of allylic oxidation sites excluding steroid dienone is 2. The highest BCUT2D eigenvalue weighted by molar-refractivity contribution is 8.40. The van der Waals surface area contributed by atoms with Crippen LogP contribution in [0.15, 0.2) is 38.9 Å². The van der Waals surface area contributed by atoms with Crippen molar-refractivity contribution in [2.75, 3.05) is 24.0 Å². The quantitative estimate of drug-likeness (QED) is 0.486. The molecule has 0 aromatic carbocycles. The van der Waals surface area contributed by atoms with Crippen molar-refractivity contribution in [3.05, 3.63) is 38.9 Å². The number of hydrogen-bond donors (Lipinski definition) is 2. The van der Waals surface area contributed by atoms with E-state index in [-0.39, 0.29) is 0 Å². The summed E-state index contributed by atoms with van der Waals surface area (Å²) in [5.74, 6) is 1.61. The highest BCUT2D eigenvalue weighted by Gasteiger charge is 2.21. The van der Waals surface area contributed by atoms with E-state index in [1.165, 1.54) is 26.8 Å². The number of hydrogen-bond acceptors (Lipinski definition) is 8. The van der Waals surface area contributed by atoms with E-state index in [2.05, 4.69) is 49.9 Å². The summed E-state index contributed by atoms with van der Waals surface area (Å²) in [4.78, 5) is 2.69. The van der Waals surface area contributed by atoms with Gasteiger partial charge in [-0.2, -0.15) is 25.3 Å². The average Bonchev–Trinajstić information content (AvgIpc) is 3.07. The molecule has 20 heavy (non-hydrogen) atoms. The van der Waals surface area contributed by atoms with Crippen molar-refractivity contribution in [1.29, 1.82) is 0 Å². The number of rotatable bonds is 5. The summed E-state index contributed by atoms with van der Waals surface area (Å²) in [7, 11) is 0. The van der Waals surface area contributed by atoms with Crippen LogP contribution in [-0.2, 0) is 0 Å². The lowest BCUT2D eigenvalue weighted by molar-refractivity contribution is 1.61. The molecule has 0 atom stereocenters. The molecule has 0 aromatic rings. The molecule has 0 unspecified atom stereocenters. The fourth-order valence-corrected chi connectivity index (χ4v) is 9.52. The highest BCUT2D eigenvalue weighted by atomic mass is 32.3. The monoisotopic (exact) mass is 414 g/mol. The minimum absolute atomic E-state index is 0.805. The molecule has 2 rings (SSSR count). The second-order valence-electron chi connectivity index (χ2n) is 3.53. The molecule has 0 aromatic heterocycles. The van der Waals surface area contributed by atoms with Gasteiger partial charge in [-0.3, -0.25) is 0 Å². The molecule has 0 aliphatic carbocycles. The third-order valence-corrected chi connectivity index (χ3v) is 11.1. The Labute approximate surface area is 157 Å². The summed E-state index contributed by atoms with van der Waals surface area (Å²) >= 11 is 19.9. The van der Waals surface area contributed by atoms with Crippen LogP contribution < -0.4 is 0 Å². The van der Waals surface area contributed by atoms with Gasteiger partial charge >= 0.3 is 0 Å². The Morgan fingerprint density at radius 3 is 1.55 bits per heavy atom. The first-order chi connectivity index (χ1) is 9.71. The molecule has 0 saturated carbocycles. The van der Waals surface area contributed by atoms with Gasteiger partial charge in [-0.15, -0.1) is 23.5 Å². The van der Waals surface area contributed by atoms with Crippen LogP contribution in [0.25, 0.3) is 0 Å². The Kier molecular flexibility index (Phi) is 8.28. The second-order valence-corrected chi connectivity index (χ2v) is 11.2. The van der Waals surface area contributed by atoms with Crippen LogP contribution in [0.3, 0.4) is 0 Å². The Morgan fingerprint density at radius 2 is 1.20 bits per heavy atom. The maximum atomic E-state index is 4.38. The average molecular weight is 415 g/mol. The summed E-state index contributed by atoms with van der Waals surface area (Å²) < 4.78 is 5.53. The van der Waals surface area contributed by atoms with Crippen LogP contribution in [0.5, 0.6) is 0 Å². The molecule has 0 saturated heterocycles. The van der Waals surface area contributed by atoms with E-state index in [9.17, 15) is 0 Å². The molecule has 2 heterocycles. The first kappa shape index (κ1) is 18.1. The Hall–Kier alpha value is 1.76. The SMILES string of the molecule is CSC1=C(SC)SC(=CC=C2SC(CS)=C(CS)S2)S1. The van der Waals surface area contributed by atoms with Gasteiger partial charge in [-0.05, 0) is 24.7 Å². The molecule has 0 amide bonds. The van der Waals surface area contributed by atoms with Gasteiger partial charge < -0.3 is 0 Å². The summed E-state index contributed by atoms with van der Waals surface area (Å²) in [5.41, 5.74) is 0. The zero-order valence-corrected chi connectivity index (χ0v) is 17.6. The van der Waals surface area contributed by atoms with Gasteiger partial charge in [0, 0.05) is 25.6 Å². The Morgan fingerprint density at radius 1 is 0.800 bits per heavy atom. The van der Waals surface area contributed by atoms with Gasteiger partial charge in [-0.25, -0.2) is 0 Å². The van der Waals surface area contributed by atoms with Gasteiger partial charge in [0.15, 0.2) is 0 Å². The molecule has 0 fully saturated rings. The first-order valence-corrected chi connectivity index (χ1v) is 12.6. The molecular formula is C12H14S8. The molecular weight excluding hydrogens is 401 g/mol. The molecule has 2 aliphatic heterocycles. The van der Waals surface area contributed by atoms with Crippen molar-refractivity contribution >= 4 is 95.8 Å². The smallest absolute Gasteiger partial charge is 0.0657 e. The fraction of sp³-hybridized carbons (Fsp3) is 0.333. The maximum absolute atomic E-state index is 4.38. The van der Waals surface area contributed by atoms with Crippen LogP contribution >= 0.6 is 95.8 Å². The second kappa shape index (κ2) is 9.15. The fourth-order valence-electron chi connectivity index (χ4n) is 1.43. The standard InChI is InChI=1S/C12H14S8/c1-15-11-12(16-2)20-10(19-11)4-3-9-17-7(5-13)8(6-14)18-9/h3-4,13-14H,5-6H2,1-2H3. The maximum Gasteiger partial charge on any atom is 0.0657 e. The van der Waals surface area contributed by atoms with E-state index in [0.717, 1.165) is 11.5 Å². The van der Waals surface area contributed by atoms with Crippen LogP contribution in [-0.4, -0.2) is 24.0 Å². The molecule has 0 N–H and O–H groups in total. The molecule has 0 spiro atoms. The number of thioether (sulfide) groups is 6. The van der Waals surface area contributed by atoms with Crippen molar-refractivity contribution in [3.63, 3.8) is 0 Å². The van der Waals surface area contributed by atoms with Crippen LogP contribution in [0, 0.1) is 0 Å². The van der Waals surface area contributed by atoms with E-state index in [1.807, 2.05) is 70.6 Å². The molecule has 0 radical (unpaired) electrons. The lowest BCUT2D eigenvalue weighted by Crippen LogP contribution is -1.80. The zero-order valence-electron chi connectivity index (χ0n) is 10.9. The Balaban J connectivity index is 2.01. The van der Waals surface area contributed by atoms with Crippen molar-refractivity contribution in [1.82, 2.24) is 0 Å². The van der Waals surface area contributed by atoms with Crippen molar-refractivity contribution < 1.29 is 0 Å². The third-order valence-electron chi connectivity index (χ3n) is 2.33. The minimum Gasteiger partial charge on any atom is -0.174 e. The first-order valence-electron chi connectivity index (χ1n) is 5.61. The van der Waals surface area contributed by atoms with Crippen LogP contribution in [0.2, 0.25) is 0 Å². The van der Waals surface area contributed by atoms with Gasteiger partial charge in [-0.1, -0.05) is 47.0 Å². The van der Waals surface area contributed by atoms with Gasteiger partial charge in [0.25, 0.3) is 0 Å². The van der Waals surface area contributed by atoms with Crippen molar-refractivity contribution in [2.24, 2.45) is 0 Å². The molecule has 8 heteroatoms. The summed E-state index contributed by atoms with van der Waals surface area (Å²) in [6, 6.07) is 0. The van der Waals surface area contributed by atoms with Crippen LogP contribution in [0.1, 0.15) is 0 Å². The van der Waals surface area contributed by atoms with Crippen LogP contribution in [0.4, 0.5) is 0 Å².